The van der Waals surface area contributed by atoms with Gasteiger partial charge in [-0.3, -0.25) is 5.43 Å². The number of aromatic hydroxyl groups is 1. The van der Waals surface area contributed by atoms with Crippen molar-refractivity contribution >= 4 is 23.5 Å². The Labute approximate surface area is 143 Å². The quantitative estimate of drug-likeness (QED) is 0.438. The van der Waals surface area contributed by atoms with E-state index in [2.05, 4.69) is 22.8 Å². The number of nitrogens with zero attached hydrogens (tertiary/aromatic N) is 1. The van der Waals surface area contributed by atoms with E-state index in [0.717, 1.165) is 6.42 Å². The van der Waals surface area contributed by atoms with Gasteiger partial charge in [0.15, 0.2) is 16.6 Å². The summed E-state index contributed by atoms with van der Waals surface area (Å²) in [4.78, 5) is 0. The molecule has 1 aliphatic carbocycles. The molecule has 1 fully saturated rings. The first-order chi connectivity index (χ1) is 11.1. The van der Waals surface area contributed by atoms with Crippen molar-refractivity contribution in [3.8, 4) is 11.5 Å². The van der Waals surface area contributed by atoms with Crippen molar-refractivity contribution in [3.63, 3.8) is 0 Å². The van der Waals surface area contributed by atoms with Crippen LogP contribution in [0.15, 0.2) is 23.3 Å². The maximum atomic E-state index is 10.1. The lowest BCUT2D eigenvalue weighted by atomic mass is 9.86. The zero-order valence-electron chi connectivity index (χ0n) is 13.7. The molecular formula is C17H25N3O2S. The molecule has 0 radical (unpaired) electrons. The Bertz CT molecular complexity index is 563. The Morgan fingerprint density at radius 3 is 2.96 bits per heavy atom. The van der Waals surface area contributed by atoms with E-state index in [0.29, 0.717) is 35.0 Å². The standard InChI is InChI=1S/C17H25N3O2S/c1-3-22-15-10-6-8-13(16(15)21)11-18-20-17(23)19-14-9-5-4-7-12(14)2/h6,8,10-12,14,21H,3-5,7,9H2,1-2H3,(H2,19,20,23)/b18-11+/t12-,14-/m1/s1. The average Bonchev–Trinajstić information content (AvgIpc) is 2.53. The van der Waals surface area contributed by atoms with Gasteiger partial charge in [0.25, 0.3) is 0 Å². The number of hydrazone groups is 1. The minimum Gasteiger partial charge on any atom is -0.504 e. The van der Waals surface area contributed by atoms with Gasteiger partial charge in [-0.05, 0) is 50.0 Å². The Kier molecular flexibility index (Phi) is 6.65. The number of phenols is 1. The molecule has 126 valence electrons. The molecule has 1 aliphatic rings. The Morgan fingerprint density at radius 2 is 2.22 bits per heavy atom. The van der Waals surface area contributed by atoms with Gasteiger partial charge in [0.2, 0.25) is 0 Å². The molecule has 1 aromatic rings. The van der Waals surface area contributed by atoms with Crippen LogP contribution in [0.1, 0.15) is 45.1 Å². The van der Waals surface area contributed by atoms with Gasteiger partial charge in [-0.25, -0.2) is 0 Å². The molecule has 2 atom stereocenters. The van der Waals surface area contributed by atoms with Crippen molar-refractivity contribution in [1.82, 2.24) is 10.7 Å². The van der Waals surface area contributed by atoms with Gasteiger partial charge in [0.05, 0.1) is 12.8 Å². The van der Waals surface area contributed by atoms with Crippen LogP contribution in [0.3, 0.4) is 0 Å². The second-order valence-electron chi connectivity index (χ2n) is 5.84. The molecule has 23 heavy (non-hydrogen) atoms. The number of hydrogen-bond acceptors (Lipinski definition) is 4. The second kappa shape index (κ2) is 8.72. The van der Waals surface area contributed by atoms with E-state index in [1.165, 1.54) is 25.5 Å². The van der Waals surface area contributed by atoms with Gasteiger partial charge in [0.1, 0.15) is 0 Å². The highest BCUT2D eigenvalue weighted by atomic mass is 32.1. The van der Waals surface area contributed by atoms with Crippen molar-refractivity contribution in [1.29, 1.82) is 0 Å². The summed E-state index contributed by atoms with van der Waals surface area (Å²) in [6.07, 6.45) is 6.46. The third-order valence-electron chi connectivity index (χ3n) is 4.13. The van der Waals surface area contributed by atoms with Gasteiger partial charge >= 0.3 is 0 Å². The summed E-state index contributed by atoms with van der Waals surface area (Å²) in [5, 5.41) is 18.0. The molecule has 6 heteroatoms. The number of hydrogen-bond donors (Lipinski definition) is 3. The van der Waals surface area contributed by atoms with E-state index in [9.17, 15) is 5.11 Å². The van der Waals surface area contributed by atoms with Crippen LogP contribution >= 0.6 is 12.2 Å². The fraction of sp³-hybridized carbons (Fsp3) is 0.529. The fourth-order valence-corrected chi connectivity index (χ4v) is 3.01. The number of rotatable bonds is 5. The normalized spacial score (nSPS) is 21.1. The molecule has 0 saturated heterocycles. The van der Waals surface area contributed by atoms with Gasteiger partial charge in [-0.1, -0.05) is 25.8 Å². The molecule has 0 heterocycles. The van der Waals surface area contributed by atoms with E-state index in [4.69, 9.17) is 17.0 Å². The molecule has 5 nitrogen and oxygen atoms in total. The predicted molar refractivity (Wildman–Crippen MR) is 97.2 cm³/mol. The lowest BCUT2D eigenvalue weighted by Crippen LogP contribution is -2.44. The van der Waals surface area contributed by atoms with Crippen LogP contribution in [-0.4, -0.2) is 29.1 Å². The highest BCUT2D eigenvalue weighted by Crippen LogP contribution is 2.28. The van der Waals surface area contributed by atoms with Crippen molar-refractivity contribution in [2.75, 3.05) is 6.61 Å². The number of ether oxygens (including phenoxy) is 1. The molecule has 0 aromatic heterocycles. The van der Waals surface area contributed by atoms with Gasteiger partial charge in [-0.2, -0.15) is 5.10 Å². The second-order valence-corrected chi connectivity index (χ2v) is 6.25. The van der Waals surface area contributed by atoms with E-state index >= 15 is 0 Å². The minimum atomic E-state index is 0.0830. The zero-order valence-corrected chi connectivity index (χ0v) is 14.5. The van der Waals surface area contributed by atoms with Crippen LogP contribution in [0.25, 0.3) is 0 Å². The number of thiocarbonyl (C=S) groups is 1. The van der Waals surface area contributed by atoms with Crippen LogP contribution in [-0.2, 0) is 0 Å². The molecule has 0 bridgehead atoms. The first-order valence-corrected chi connectivity index (χ1v) is 8.57. The van der Waals surface area contributed by atoms with E-state index in [1.54, 1.807) is 12.1 Å². The number of nitrogens with one attached hydrogen (secondary N) is 2. The lowest BCUT2D eigenvalue weighted by Gasteiger charge is -2.30. The first kappa shape index (κ1) is 17.5. The molecule has 3 N–H and O–H groups in total. The highest BCUT2D eigenvalue weighted by molar-refractivity contribution is 7.80. The van der Waals surface area contributed by atoms with Gasteiger partial charge in [-0.15, -0.1) is 0 Å². The van der Waals surface area contributed by atoms with Crippen molar-refractivity contribution in [3.05, 3.63) is 23.8 Å². The minimum absolute atomic E-state index is 0.0830. The van der Waals surface area contributed by atoms with Crippen LogP contribution in [0.5, 0.6) is 11.5 Å². The number of phenolic OH excluding ortho intramolecular Hbond substituents is 1. The van der Waals surface area contributed by atoms with E-state index < -0.39 is 0 Å². The molecule has 0 amide bonds. The summed E-state index contributed by atoms with van der Waals surface area (Å²) in [6, 6.07) is 5.71. The summed E-state index contributed by atoms with van der Waals surface area (Å²) in [5.41, 5.74) is 3.40. The first-order valence-electron chi connectivity index (χ1n) is 8.16. The summed E-state index contributed by atoms with van der Waals surface area (Å²) < 4.78 is 5.35. The molecule has 2 rings (SSSR count). The third kappa shape index (κ3) is 5.10. The zero-order chi connectivity index (χ0) is 16.7. The highest BCUT2D eigenvalue weighted by Gasteiger charge is 2.21. The van der Waals surface area contributed by atoms with Crippen LogP contribution in [0.4, 0.5) is 0 Å². The maximum absolute atomic E-state index is 10.1. The predicted octanol–water partition coefficient (Wildman–Crippen LogP) is 3.17. The van der Waals surface area contributed by atoms with Crippen molar-refractivity contribution in [2.24, 2.45) is 11.0 Å². The summed E-state index contributed by atoms with van der Waals surface area (Å²) >= 11 is 5.28. The van der Waals surface area contributed by atoms with Crippen LogP contribution in [0.2, 0.25) is 0 Å². The maximum Gasteiger partial charge on any atom is 0.187 e. The van der Waals surface area contributed by atoms with E-state index in [-0.39, 0.29) is 5.75 Å². The van der Waals surface area contributed by atoms with Crippen LogP contribution in [0, 0.1) is 5.92 Å². The summed E-state index contributed by atoms with van der Waals surface area (Å²) in [6.45, 7) is 4.62. The smallest absolute Gasteiger partial charge is 0.187 e. The fourth-order valence-electron chi connectivity index (χ4n) is 2.81. The molecular weight excluding hydrogens is 310 g/mol. The Balaban J connectivity index is 1.88. The van der Waals surface area contributed by atoms with Crippen molar-refractivity contribution < 1.29 is 9.84 Å². The van der Waals surface area contributed by atoms with Crippen LogP contribution < -0.4 is 15.5 Å². The molecule has 0 spiro atoms. The molecule has 0 aliphatic heterocycles. The largest absolute Gasteiger partial charge is 0.504 e. The molecule has 1 saturated carbocycles. The average molecular weight is 335 g/mol. The SMILES string of the molecule is CCOc1cccc(/C=N/NC(=S)N[C@@H]2CCCC[C@H]2C)c1O. The monoisotopic (exact) mass is 335 g/mol. The third-order valence-corrected chi connectivity index (χ3v) is 4.34. The Hall–Kier alpha value is -1.82. The number of benzene rings is 1. The van der Waals surface area contributed by atoms with Crippen molar-refractivity contribution in [2.45, 2.75) is 45.6 Å². The topological polar surface area (TPSA) is 65.9 Å². The van der Waals surface area contributed by atoms with Gasteiger partial charge in [0, 0.05) is 11.6 Å². The number of para-hydroxylation sites is 1. The van der Waals surface area contributed by atoms with E-state index in [1.807, 2.05) is 13.0 Å². The summed E-state index contributed by atoms with van der Waals surface area (Å²) in [7, 11) is 0. The molecule has 1 aromatic carbocycles. The Morgan fingerprint density at radius 1 is 1.43 bits per heavy atom. The molecule has 0 unspecified atom stereocenters. The van der Waals surface area contributed by atoms with Gasteiger partial charge < -0.3 is 15.2 Å². The summed E-state index contributed by atoms with van der Waals surface area (Å²) in [5.74, 6) is 1.16. The lowest BCUT2D eigenvalue weighted by molar-refractivity contribution is 0.308.